The van der Waals surface area contributed by atoms with E-state index >= 15 is 0 Å². The molecule has 128 valence electrons. The number of nitrogens with zero attached hydrogens (tertiary/aromatic N) is 4. The van der Waals surface area contributed by atoms with Gasteiger partial charge in [-0.3, -0.25) is 4.79 Å². The zero-order chi connectivity index (χ0) is 16.9. The van der Waals surface area contributed by atoms with Gasteiger partial charge in [-0.25, -0.2) is 0 Å². The Labute approximate surface area is 148 Å². The number of thioether (sulfide) groups is 1. The third-order valence-electron chi connectivity index (χ3n) is 3.71. The fourth-order valence-electron chi connectivity index (χ4n) is 2.55. The molecule has 1 aromatic heterocycles. The van der Waals surface area contributed by atoms with Crippen molar-refractivity contribution in [3.63, 3.8) is 0 Å². The van der Waals surface area contributed by atoms with Crippen LogP contribution in [0.5, 0.6) is 5.75 Å². The molecule has 2 N–H and O–H groups in total. The Morgan fingerprint density at radius 3 is 2.67 bits per heavy atom. The van der Waals surface area contributed by atoms with Crippen molar-refractivity contribution in [2.75, 3.05) is 48.8 Å². The normalized spacial score (nSPS) is 14.7. The van der Waals surface area contributed by atoms with Crippen LogP contribution in [0.25, 0.3) is 0 Å². The van der Waals surface area contributed by atoms with Gasteiger partial charge in [0.15, 0.2) is 4.34 Å². The average Bonchev–Trinajstić information content (AvgIpc) is 3.09. The van der Waals surface area contributed by atoms with Gasteiger partial charge in [-0.05, 0) is 12.1 Å². The van der Waals surface area contributed by atoms with Gasteiger partial charge in [0.25, 0.3) is 0 Å². The van der Waals surface area contributed by atoms with Gasteiger partial charge < -0.3 is 20.3 Å². The lowest BCUT2D eigenvalue weighted by Gasteiger charge is -2.36. The van der Waals surface area contributed by atoms with Crippen LogP contribution in [0.2, 0.25) is 0 Å². The lowest BCUT2D eigenvalue weighted by molar-refractivity contribution is -0.115. The van der Waals surface area contributed by atoms with E-state index in [1.165, 1.54) is 23.1 Å². The number of aromatic nitrogens is 2. The maximum Gasteiger partial charge on any atom is 0.227 e. The predicted molar refractivity (Wildman–Crippen MR) is 97.2 cm³/mol. The molecular weight excluding hydrogens is 346 g/mol. The summed E-state index contributed by atoms with van der Waals surface area (Å²) in [6.45, 7) is 3.52. The van der Waals surface area contributed by atoms with Crippen LogP contribution in [0.4, 0.5) is 10.8 Å². The molecule has 9 heteroatoms. The number of primary amides is 1. The first-order valence-electron chi connectivity index (χ1n) is 7.55. The number of amides is 1. The van der Waals surface area contributed by atoms with E-state index in [-0.39, 0.29) is 11.7 Å². The molecule has 1 aliphatic heterocycles. The molecular formula is C15H19N5O2S2. The SMILES string of the molecule is COc1ccccc1N1CCN(c2nnc(SCC(N)=O)s2)CC1. The summed E-state index contributed by atoms with van der Waals surface area (Å²) in [7, 11) is 1.70. The number of piperazine rings is 1. The van der Waals surface area contributed by atoms with Gasteiger partial charge in [-0.1, -0.05) is 35.2 Å². The monoisotopic (exact) mass is 365 g/mol. The molecule has 0 radical (unpaired) electrons. The molecule has 2 heterocycles. The minimum Gasteiger partial charge on any atom is -0.495 e. The number of ether oxygens (including phenoxy) is 1. The van der Waals surface area contributed by atoms with E-state index in [1.807, 2.05) is 18.2 Å². The van der Waals surface area contributed by atoms with Gasteiger partial charge in [0.2, 0.25) is 11.0 Å². The number of anilines is 2. The Morgan fingerprint density at radius 1 is 1.25 bits per heavy atom. The zero-order valence-electron chi connectivity index (χ0n) is 13.3. The molecule has 0 spiro atoms. The zero-order valence-corrected chi connectivity index (χ0v) is 15.0. The van der Waals surface area contributed by atoms with E-state index in [2.05, 4.69) is 26.1 Å². The van der Waals surface area contributed by atoms with Crippen molar-refractivity contribution in [3.8, 4) is 5.75 Å². The van der Waals surface area contributed by atoms with Crippen molar-refractivity contribution in [2.45, 2.75) is 4.34 Å². The van der Waals surface area contributed by atoms with Gasteiger partial charge in [-0.2, -0.15) is 0 Å². The highest BCUT2D eigenvalue weighted by Crippen LogP contribution is 2.31. The van der Waals surface area contributed by atoms with Gasteiger partial charge in [0.05, 0.1) is 18.6 Å². The van der Waals surface area contributed by atoms with Crippen LogP contribution >= 0.6 is 23.1 Å². The number of benzene rings is 1. The molecule has 0 bridgehead atoms. The number of methoxy groups -OCH3 is 1. The van der Waals surface area contributed by atoms with Gasteiger partial charge >= 0.3 is 0 Å². The van der Waals surface area contributed by atoms with Crippen LogP contribution in [-0.4, -0.2) is 55.1 Å². The summed E-state index contributed by atoms with van der Waals surface area (Å²) in [6.07, 6.45) is 0. The van der Waals surface area contributed by atoms with Crippen molar-refractivity contribution < 1.29 is 9.53 Å². The van der Waals surface area contributed by atoms with Crippen LogP contribution < -0.4 is 20.3 Å². The molecule has 1 amide bonds. The standard InChI is InChI=1S/C15H19N5O2S2/c1-22-12-5-3-2-4-11(12)19-6-8-20(9-7-19)14-17-18-15(24-14)23-10-13(16)21/h2-5H,6-10H2,1H3,(H2,16,21). The molecule has 1 saturated heterocycles. The second kappa shape index (κ2) is 7.71. The number of rotatable bonds is 6. The van der Waals surface area contributed by atoms with Crippen molar-refractivity contribution >= 4 is 39.8 Å². The van der Waals surface area contributed by atoms with Crippen molar-refractivity contribution in [2.24, 2.45) is 5.73 Å². The third-order valence-corrected chi connectivity index (χ3v) is 5.85. The fraction of sp³-hybridized carbons (Fsp3) is 0.400. The number of carbonyl (C=O) groups is 1. The van der Waals surface area contributed by atoms with Gasteiger partial charge in [-0.15, -0.1) is 10.2 Å². The molecule has 0 unspecified atom stereocenters. The predicted octanol–water partition coefficient (Wildman–Crippen LogP) is 1.45. The maximum atomic E-state index is 10.8. The summed E-state index contributed by atoms with van der Waals surface area (Å²) in [5, 5.41) is 9.23. The summed E-state index contributed by atoms with van der Waals surface area (Å²) in [5.74, 6) is 0.783. The van der Waals surface area contributed by atoms with E-state index < -0.39 is 0 Å². The Bertz CT molecular complexity index is 701. The van der Waals surface area contributed by atoms with E-state index in [9.17, 15) is 4.79 Å². The number of nitrogens with two attached hydrogens (primary N) is 1. The summed E-state index contributed by atoms with van der Waals surface area (Å²) in [5.41, 5.74) is 6.27. The van der Waals surface area contributed by atoms with Crippen molar-refractivity contribution in [1.29, 1.82) is 0 Å². The molecule has 7 nitrogen and oxygen atoms in total. The second-order valence-corrected chi connectivity index (χ2v) is 7.43. The maximum absolute atomic E-state index is 10.8. The molecule has 0 saturated carbocycles. The Hall–Kier alpha value is -2.00. The fourth-order valence-corrected chi connectivity index (χ4v) is 4.18. The van der Waals surface area contributed by atoms with Crippen LogP contribution in [0, 0.1) is 0 Å². The second-order valence-electron chi connectivity index (χ2n) is 5.25. The average molecular weight is 365 g/mol. The number of hydrogen-bond donors (Lipinski definition) is 1. The third kappa shape index (κ3) is 3.90. The van der Waals surface area contributed by atoms with Gasteiger partial charge in [0, 0.05) is 26.2 Å². The molecule has 1 aromatic carbocycles. The first kappa shape index (κ1) is 16.8. The Balaban J connectivity index is 1.60. The largest absolute Gasteiger partial charge is 0.495 e. The molecule has 1 aliphatic rings. The molecule has 0 atom stereocenters. The number of hydrogen-bond acceptors (Lipinski definition) is 8. The summed E-state index contributed by atoms with van der Waals surface area (Å²) >= 11 is 2.83. The Morgan fingerprint density at radius 2 is 1.96 bits per heavy atom. The van der Waals surface area contributed by atoms with Crippen LogP contribution in [0.15, 0.2) is 28.6 Å². The van der Waals surface area contributed by atoms with E-state index in [0.717, 1.165) is 47.1 Å². The number of carbonyl (C=O) groups excluding carboxylic acids is 1. The van der Waals surface area contributed by atoms with Crippen LogP contribution in [-0.2, 0) is 4.79 Å². The lowest BCUT2D eigenvalue weighted by atomic mass is 10.2. The van der Waals surface area contributed by atoms with E-state index in [4.69, 9.17) is 10.5 Å². The summed E-state index contributed by atoms with van der Waals surface area (Å²) in [4.78, 5) is 15.4. The minimum absolute atomic E-state index is 0.232. The lowest BCUT2D eigenvalue weighted by Crippen LogP contribution is -2.46. The van der Waals surface area contributed by atoms with Gasteiger partial charge in [0.1, 0.15) is 5.75 Å². The molecule has 0 aliphatic carbocycles. The van der Waals surface area contributed by atoms with Crippen molar-refractivity contribution in [1.82, 2.24) is 10.2 Å². The summed E-state index contributed by atoms with van der Waals surface area (Å²) in [6, 6.07) is 8.06. The first-order valence-corrected chi connectivity index (χ1v) is 9.35. The first-order chi connectivity index (χ1) is 11.7. The quantitative estimate of drug-likeness (QED) is 0.776. The van der Waals surface area contributed by atoms with E-state index in [1.54, 1.807) is 7.11 Å². The minimum atomic E-state index is -0.345. The number of para-hydroxylation sites is 2. The van der Waals surface area contributed by atoms with Crippen molar-refractivity contribution in [3.05, 3.63) is 24.3 Å². The summed E-state index contributed by atoms with van der Waals surface area (Å²) < 4.78 is 6.22. The smallest absolute Gasteiger partial charge is 0.227 e. The molecule has 24 heavy (non-hydrogen) atoms. The topological polar surface area (TPSA) is 84.6 Å². The molecule has 3 rings (SSSR count). The highest BCUT2D eigenvalue weighted by atomic mass is 32.2. The highest BCUT2D eigenvalue weighted by molar-refractivity contribution is 8.01. The highest BCUT2D eigenvalue weighted by Gasteiger charge is 2.22. The van der Waals surface area contributed by atoms with Crippen LogP contribution in [0.3, 0.4) is 0 Å². The molecule has 2 aromatic rings. The molecule has 1 fully saturated rings. The van der Waals surface area contributed by atoms with E-state index in [0.29, 0.717) is 0 Å². The van der Waals surface area contributed by atoms with Crippen LogP contribution in [0.1, 0.15) is 0 Å². The Kier molecular flexibility index (Phi) is 5.41.